The van der Waals surface area contributed by atoms with Crippen LogP contribution in [0.2, 0.25) is 0 Å². The average Bonchev–Trinajstić information content (AvgIpc) is 2.77. The van der Waals surface area contributed by atoms with Crippen molar-refractivity contribution in [3.05, 3.63) is 47.8 Å². The molecule has 1 N–H and O–H groups in total. The van der Waals surface area contributed by atoms with E-state index in [-0.39, 0.29) is 23.6 Å². The van der Waals surface area contributed by atoms with Crippen LogP contribution >= 0.6 is 0 Å². The van der Waals surface area contributed by atoms with Gasteiger partial charge < -0.3 is 19.7 Å². The average molecular weight is 398 g/mol. The Bertz CT molecular complexity index is 844. The summed E-state index contributed by atoms with van der Waals surface area (Å²) in [4.78, 5) is 35.2. The molecule has 0 aliphatic carbocycles. The molecule has 3 rings (SSSR count). The zero-order chi connectivity index (χ0) is 20.6. The molecule has 8 heteroatoms. The molecular weight excluding hydrogens is 372 g/mol. The number of likely N-dealkylation sites (tertiary alicyclic amines) is 1. The number of hydrogen-bond acceptors (Lipinski definition) is 6. The molecule has 1 atom stereocenters. The minimum absolute atomic E-state index is 0.0394. The number of amides is 2. The molecule has 154 valence electrons. The topological polar surface area (TPSA) is 93.7 Å². The molecule has 0 bridgehead atoms. The second-order valence-electron chi connectivity index (χ2n) is 7.01. The standard InChI is InChI=1S/C21H26N4O4/c1-28-19-8-7-17(20(24-19)29-2)21(27)25-10-4-6-16(14-25)13-23-18(26)11-15-5-3-9-22-12-15/h3,5,7-9,12,16H,4,6,10-11,13-14H2,1-2H3,(H,23,26). The van der Waals surface area contributed by atoms with Gasteiger partial charge in [0.1, 0.15) is 5.56 Å². The van der Waals surface area contributed by atoms with Gasteiger partial charge >= 0.3 is 0 Å². The predicted molar refractivity (Wildman–Crippen MR) is 107 cm³/mol. The first kappa shape index (κ1) is 20.6. The smallest absolute Gasteiger partial charge is 0.259 e. The van der Waals surface area contributed by atoms with Gasteiger partial charge in [-0.3, -0.25) is 14.6 Å². The molecule has 1 unspecified atom stereocenters. The second-order valence-corrected chi connectivity index (χ2v) is 7.01. The molecule has 2 amide bonds. The van der Waals surface area contributed by atoms with E-state index in [0.717, 1.165) is 18.4 Å². The van der Waals surface area contributed by atoms with Crippen LogP contribution in [0, 0.1) is 5.92 Å². The summed E-state index contributed by atoms with van der Waals surface area (Å²) < 4.78 is 10.4. The monoisotopic (exact) mass is 398 g/mol. The summed E-state index contributed by atoms with van der Waals surface area (Å²) in [6.45, 7) is 1.80. The first-order chi connectivity index (χ1) is 14.1. The zero-order valence-electron chi connectivity index (χ0n) is 16.8. The molecule has 1 fully saturated rings. The Morgan fingerprint density at radius 2 is 2.10 bits per heavy atom. The lowest BCUT2D eigenvalue weighted by molar-refractivity contribution is -0.120. The predicted octanol–water partition coefficient (Wildman–Crippen LogP) is 1.70. The Morgan fingerprint density at radius 1 is 1.24 bits per heavy atom. The van der Waals surface area contributed by atoms with Gasteiger partial charge in [-0.05, 0) is 36.5 Å². The van der Waals surface area contributed by atoms with Crippen LogP contribution in [-0.4, -0.2) is 60.5 Å². The highest BCUT2D eigenvalue weighted by molar-refractivity contribution is 5.96. The van der Waals surface area contributed by atoms with Crippen LogP contribution in [0.25, 0.3) is 0 Å². The largest absolute Gasteiger partial charge is 0.481 e. The van der Waals surface area contributed by atoms with Crippen LogP contribution in [0.4, 0.5) is 0 Å². The van der Waals surface area contributed by atoms with Gasteiger partial charge in [0, 0.05) is 38.1 Å². The van der Waals surface area contributed by atoms with Gasteiger partial charge in [-0.25, -0.2) is 0 Å². The fourth-order valence-corrected chi connectivity index (χ4v) is 3.45. The lowest BCUT2D eigenvalue weighted by Gasteiger charge is -2.33. The summed E-state index contributed by atoms with van der Waals surface area (Å²) in [7, 11) is 3.00. The quantitative estimate of drug-likeness (QED) is 0.763. The van der Waals surface area contributed by atoms with Gasteiger partial charge in [-0.2, -0.15) is 4.98 Å². The minimum atomic E-state index is -0.122. The minimum Gasteiger partial charge on any atom is -0.481 e. The van der Waals surface area contributed by atoms with E-state index in [4.69, 9.17) is 9.47 Å². The molecule has 1 aliphatic rings. The molecule has 2 aromatic rings. The number of hydrogen-bond donors (Lipinski definition) is 1. The van der Waals surface area contributed by atoms with Gasteiger partial charge in [0.05, 0.1) is 20.6 Å². The molecular formula is C21H26N4O4. The van der Waals surface area contributed by atoms with Crippen LogP contribution in [0.15, 0.2) is 36.7 Å². The second kappa shape index (κ2) is 9.86. The first-order valence-electron chi connectivity index (χ1n) is 9.64. The number of nitrogens with zero attached hydrogens (tertiary/aromatic N) is 3. The summed E-state index contributed by atoms with van der Waals surface area (Å²) in [6, 6.07) is 7.02. The van der Waals surface area contributed by atoms with Crippen molar-refractivity contribution in [1.82, 2.24) is 20.2 Å². The number of carbonyl (C=O) groups excluding carboxylic acids is 2. The van der Waals surface area contributed by atoms with Crippen molar-refractivity contribution >= 4 is 11.8 Å². The summed E-state index contributed by atoms with van der Waals surface area (Å²) in [5.41, 5.74) is 1.29. The van der Waals surface area contributed by atoms with Crippen LogP contribution < -0.4 is 14.8 Å². The zero-order valence-corrected chi connectivity index (χ0v) is 16.8. The fraction of sp³-hybridized carbons (Fsp3) is 0.429. The Labute approximate surface area is 170 Å². The van der Waals surface area contributed by atoms with E-state index < -0.39 is 0 Å². The van der Waals surface area contributed by atoms with Gasteiger partial charge in [0.25, 0.3) is 5.91 Å². The highest BCUT2D eigenvalue weighted by Crippen LogP contribution is 2.24. The maximum atomic E-state index is 13.0. The Hall–Kier alpha value is -3.16. The molecule has 8 nitrogen and oxygen atoms in total. The Morgan fingerprint density at radius 3 is 2.83 bits per heavy atom. The molecule has 2 aromatic heterocycles. The maximum absolute atomic E-state index is 13.0. The van der Waals surface area contributed by atoms with Gasteiger partial charge in [-0.1, -0.05) is 6.07 Å². The van der Waals surface area contributed by atoms with Crippen molar-refractivity contribution in [3.8, 4) is 11.8 Å². The number of pyridine rings is 2. The number of nitrogens with one attached hydrogen (secondary N) is 1. The SMILES string of the molecule is COc1ccc(C(=O)N2CCCC(CNC(=O)Cc3cccnc3)C2)c(OC)n1. The number of piperidine rings is 1. The van der Waals surface area contributed by atoms with E-state index in [1.54, 1.807) is 29.4 Å². The molecule has 3 heterocycles. The van der Waals surface area contributed by atoms with Crippen molar-refractivity contribution < 1.29 is 19.1 Å². The summed E-state index contributed by atoms with van der Waals surface area (Å²) in [5.74, 6) is 0.695. The maximum Gasteiger partial charge on any atom is 0.259 e. The van der Waals surface area contributed by atoms with E-state index in [2.05, 4.69) is 15.3 Å². The molecule has 1 saturated heterocycles. The highest BCUT2D eigenvalue weighted by Gasteiger charge is 2.27. The molecule has 0 aromatic carbocycles. The molecule has 0 saturated carbocycles. The van der Waals surface area contributed by atoms with E-state index in [9.17, 15) is 9.59 Å². The van der Waals surface area contributed by atoms with Crippen molar-refractivity contribution in [1.29, 1.82) is 0 Å². The number of methoxy groups -OCH3 is 2. The van der Waals surface area contributed by atoms with Gasteiger partial charge in [-0.15, -0.1) is 0 Å². The molecule has 29 heavy (non-hydrogen) atoms. The Kier molecular flexibility index (Phi) is 6.99. The van der Waals surface area contributed by atoms with Gasteiger partial charge in [0.2, 0.25) is 17.7 Å². The first-order valence-corrected chi connectivity index (χ1v) is 9.64. The van der Waals surface area contributed by atoms with Crippen molar-refractivity contribution in [2.24, 2.45) is 5.92 Å². The molecule has 0 radical (unpaired) electrons. The van der Waals surface area contributed by atoms with Gasteiger partial charge in [0.15, 0.2) is 0 Å². The van der Waals surface area contributed by atoms with Crippen LogP contribution in [0.5, 0.6) is 11.8 Å². The number of rotatable bonds is 7. The molecule has 0 spiro atoms. The molecule has 1 aliphatic heterocycles. The van der Waals surface area contributed by atoms with Crippen molar-refractivity contribution in [3.63, 3.8) is 0 Å². The highest BCUT2D eigenvalue weighted by atomic mass is 16.5. The van der Waals surface area contributed by atoms with Crippen molar-refractivity contribution in [2.45, 2.75) is 19.3 Å². The van der Waals surface area contributed by atoms with Crippen LogP contribution in [0.3, 0.4) is 0 Å². The van der Waals surface area contributed by atoms with Crippen LogP contribution in [0.1, 0.15) is 28.8 Å². The van der Waals surface area contributed by atoms with Crippen LogP contribution in [-0.2, 0) is 11.2 Å². The number of carbonyl (C=O) groups is 2. The lowest BCUT2D eigenvalue weighted by atomic mass is 9.97. The normalized spacial score (nSPS) is 16.2. The summed E-state index contributed by atoms with van der Waals surface area (Å²) in [6.07, 6.45) is 5.53. The third-order valence-corrected chi connectivity index (χ3v) is 4.95. The number of aromatic nitrogens is 2. The van der Waals surface area contributed by atoms with E-state index >= 15 is 0 Å². The van der Waals surface area contributed by atoms with Crippen molar-refractivity contribution in [2.75, 3.05) is 33.9 Å². The number of ether oxygens (including phenoxy) is 2. The lowest BCUT2D eigenvalue weighted by Crippen LogP contribution is -2.44. The summed E-state index contributed by atoms with van der Waals surface area (Å²) >= 11 is 0. The third kappa shape index (κ3) is 5.43. The third-order valence-electron chi connectivity index (χ3n) is 4.95. The van der Waals surface area contributed by atoms with E-state index in [0.29, 0.717) is 37.5 Å². The fourth-order valence-electron chi connectivity index (χ4n) is 3.45. The van der Waals surface area contributed by atoms with E-state index in [1.807, 2.05) is 12.1 Å². The Balaban J connectivity index is 1.56. The summed E-state index contributed by atoms with van der Waals surface area (Å²) in [5, 5.41) is 2.98. The van der Waals surface area contributed by atoms with E-state index in [1.165, 1.54) is 14.2 Å².